The number of rotatable bonds is 5. The van der Waals surface area contributed by atoms with Gasteiger partial charge in [0, 0.05) is 19.4 Å². The van der Waals surface area contributed by atoms with Crippen molar-refractivity contribution in [1.29, 1.82) is 0 Å². The van der Waals surface area contributed by atoms with E-state index >= 15 is 0 Å². The van der Waals surface area contributed by atoms with Gasteiger partial charge in [-0.25, -0.2) is 0 Å². The summed E-state index contributed by atoms with van der Waals surface area (Å²) in [4.78, 5) is 0. The molecule has 1 heterocycles. The maximum Gasteiger partial charge on any atom is 0.161 e. The zero-order valence-corrected chi connectivity index (χ0v) is 10.9. The third-order valence-electron chi connectivity index (χ3n) is 3.01. The molecule has 0 bridgehead atoms. The van der Waals surface area contributed by atoms with Crippen LogP contribution in [0.5, 0.6) is 11.5 Å². The van der Waals surface area contributed by atoms with Crippen molar-refractivity contribution in [2.24, 2.45) is 5.73 Å². The molecular formula is C14H21NO3. The Balaban J connectivity index is 2.09. The molecule has 1 aliphatic heterocycles. The Hall–Kier alpha value is -1.26. The van der Waals surface area contributed by atoms with E-state index in [1.165, 1.54) is 0 Å². The summed E-state index contributed by atoms with van der Waals surface area (Å²) in [5, 5.41) is 0. The van der Waals surface area contributed by atoms with Gasteiger partial charge in [0.15, 0.2) is 11.5 Å². The molecule has 0 spiro atoms. The van der Waals surface area contributed by atoms with Gasteiger partial charge in [0.25, 0.3) is 0 Å². The summed E-state index contributed by atoms with van der Waals surface area (Å²) in [6.45, 7) is 4.65. The number of hydrogen-bond acceptors (Lipinski definition) is 4. The highest BCUT2D eigenvalue weighted by Gasteiger charge is 2.17. The van der Waals surface area contributed by atoms with E-state index in [1.54, 1.807) is 0 Å². The second-order valence-corrected chi connectivity index (χ2v) is 4.35. The van der Waals surface area contributed by atoms with Crippen molar-refractivity contribution in [3.63, 3.8) is 0 Å². The van der Waals surface area contributed by atoms with E-state index in [4.69, 9.17) is 19.9 Å². The second kappa shape index (κ2) is 6.61. The van der Waals surface area contributed by atoms with Gasteiger partial charge in [-0.3, -0.25) is 0 Å². The predicted octanol–water partition coefficient (Wildman–Crippen LogP) is 2.10. The van der Waals surface area contributed by atoms with Crippen LogP contribution in [0.1, 0.15) is 25.3 Å². The van der Waals surface area contributed by atoms with Crippen LogP contribution in [-0.4, -0.2) is 25.9 Å². The highest BCUT2D eigenvalue weighted by atomic mass is 16.5. The fraction of sp³-hybridized carbons (Fsp3) is 0.571. The van der Waals surface area contributed by atoms with Gasteiger partial charge >= 0.3 is 0 Å². The second-order valence-electron chi connectivity index (χ2n) is 4.35. The zero-order chi connectivity index (χ0) is 12.8. The summed E-state index contributed by atoms with van der Waals surface area (Å²) in [6.07, 6.45) is 2.09. The van der Waals surface area contributed by atoms with Crippen molar-refractivity contribution in [2.45, 2.75) is 32.4 Å². The van der Waals surface area contributed by atoms with Crippen LogP contribution in [0, 0.1) is 0 Å². The van der Waals surface area contributed by atoms with Crippen LogP contribution in [0.3, 0.4) is 0 Å². The van der Waals surface area contributed by atoms with Gasteiger partial charge in [-0.1, -0.05) is 6.07 Å². The Labute approximate surface area is 108 Å². The van der Waals surface area contributed by atoms with E-state index in [-0.39, 0.29) is 6.10 Å². The van der Waals surface area contributed by atoms with E-state index in [1.807, 2.05) is 25.1 Å². The quantitative estimate of drug-likeness (QED) is 0.870. The Morgan fingerprint density at radius 2 is 2.06 bits per heavy atom. The molecule has 100 valence electrons. The SMILES string of the molecule is CCOc1cc(CN)ccc1OC1CCOCC1. The number of nitrogens with two attached hydrogens (primary N) is 1. The lowest BCUT2D eigenvalue weighted by Crippen LogP contribution is -2.26. The van der Waals surface area contributed by atoms with Crippen LogP contribution in [0.15, 0.2) is 18.2 Å². The lowest BCUT2D eigenvalue weighted by Gasteiger charge is -2.24. The highest BCUT2D eigenvalue weighted by molar-refractivity contribution is 5.43. The summed E-state index contributed by atoms with van der Waals surface area (Å²) < 4.78 is 16.9. The maximum absolute atomic E-state index is 5.99. The molecule has 0 unspecified atom stereocenters. The van der Waals surface area contributed by atoms with E-state index in [9.17, 15) is 0 Å². The van der Waals surface area contributed by atoms with Crippen LogP contribution in [0.2, 0.25) is 0 Å². The van der Waals surface area contributed by atoms with Gasteiger partial charge in [0.2, 0.25) is 0 Å². The third-order valence-corrected chi connectivity index (χ3v) is 3.01. The smallest absolute Gasteiger partial charge is 0.161 e. The Bertz CT molecular complexity index is 375. The Morgan fingerprint density at radius 1 is 1.28 bits per heavy atom. The van der Waals surface area contributed by atoms with Crippen molar-refractivity contribution >= 4 is 0 Å². The first-order chi connectivity index (χ1) is 8.83. The Kier molecular flexibility index (Phi) is 4.84. The van der Waals surface area contributed by atoms with E-state index in [2.05, 4.69) is 0 Å². The molecule has 2 rings (SSSR count). The summed E-state index contributed by atoms with van der Waals surface area (Å²) in [5.41, 5.74) is 6.69. The molecule has 1 saturated heterocycles. The van der Waals surface area contributed by atoms with Gasteiger partial charge in [-0.05, 0) is 24.6 Å². The fourth-order valence-corrected chi connectivity index (χ4v) is 2.02. The van der Waals surface area contributed by atoms with Gasteiger partial charge in [-0.2, -0.15) is 0 Å². The van der Waals surface area contributed by atoms with Crippen molar-refractivity contribution in [3.05, 3.63) is 23.8 Å². The molecule has 0 saturated carbocycles. The molecule has 1 aliphatic rings. The Morgan fingerprint density at radius 3 is 2.72 bits per heavy atom. The number of ether oxygens (including phenoxy) is 3. The minimum Gasteiger partial charge on any atom is -0.490 e. The van der Waals surface area contributed by atoms with Crippen molar-refractivity contribution in [3.8, 4) is 11.5 Å². The van der Waals surface area contributed by atoms with E-state index < -0.39 is 0 Å². The summed E-state index contributed by atoms with van der Waals surface area (Å²) in [7, 11) is 0. The normalized spacial score (nSPS) is 16.6. The molecule has 1 aromatic carbocycles. The van der Waals surface area contributed by atoms with Crippen LogP contribution in [0.4, 0.5) is 0 Å². The van der Waals surface area contributed by atoms with Crippen molar-refractivity contribution in [2.75, 3.05) is 19.8 Å². The summed E-state index contributed by atoms with van der Waals surface area (Å²) in [6, 6.07) is 5.89. The first-order valence-electron chi connectivity index (χ1n) is 6.53. The van der Waals surface area contributed by atoms with E-state index in [0.717, 1.165) is 43.1 Å². The molecule has 4 heteroatoms. The molecule has 18 heavy (non-hydrogen) atoms. The van der Waals surface area contributed by atoms with Crippen LogP contribution < -0.4 is 15.2 Å². The van der Waals surface area contributed by atoms with Gasteiger partial charge in [0.1, 0.15) is 6.10 Å². The fourth-order valence-electron chi connectivity index (χ4n) is 2.02. The zero-order valence-electron chi connectivity index (χ0n) is 10.9. The van der Waals surface area contributed by atoms with Gasteiger partial charge < -0.3 is 19.9 Å². The van der Waals surface area contributed by atoms with Gasteiger partial charge in [0.05, 0.1) is 19.8 Å². The monoisotopic (exact) mass is 251 g/mol. The minimum atomic E-state index is 0.224. The summed E-state index contributed by atoms with van der Waals surface area (Å²) in [5.74, 6) is 1.59. The molecule has 2 N–H and O–H groups in total. The topological polar surface area (TPSA) is 53.7 Å². The molecule has 0 aliphatic carbocycles. The number of hydrogen-bond donors (Lipinski definition) is 1. The molecule has 1 fully saturated rings. The predicted molar refractivity (Wildman–Crippen MR) is 70.0 cm³/mol. The van der Waals surface area contributed by atoms with Gasteiger partial charge in [-0.15, -0.1) is 0 Å². The molecule has 0 amide bonds. The minimum absolute atomic E-state index is 0.224. The third kappa shape index (κ3) is 3.37. The first-order valence-corrected chi connectivity index (χ1v) is 6.53. The van der Waals surface area contributed by atoms with Crippen molar-refractivity contribution in [1.82, 2.24) is 0 Å². The molecule has 0 atom stereocenters. The maximum atomic E-state index is 5.99. The first kappa shape index (κ1) is 13.2. The summed E-state index contributed by atoms with van der Waals surface area (Å²) >= 11 is 0. The number of benzene rings is 1. The average molecular weight is 251 g/mol. The van der Waals surface area contributed by atoms with Crippen LogP contribution >= 0.6 is 0 Å². The average Bonchev–Trinajstić information content (AvgIpc) is 2.42. The van der Waals surface area contributed by atoms with Crippen molar-refractivity contribution < 1.29 is 14.2 Å². The highest BCUT2D eigenvalue weighted by Crippen LogP contribution is 2.30. The lowest BCUT2D eigenvalue weighted by molar-refractivity contribution is 0.0243. The lowest BCUT2D eigenvalue weighted by atomic mass is 10.1. The molecule has 4 nitrogen and oxygen atoms in total. The molecule has 0 radical (unpaired) electrons. The van der Waals surface area contributed by atoms with E-state index in [0.29, 0.717) is 13.2 Å². The molecular weight excluding hydrogens is 230 g/mol. The molecule has 1 aromatic rings. The van der Waals surface area contributed by atoms with Crippen LogP contribution in [0.25, 0.3) is 0 Å². The van der Waals surface area contributed by atoms with Crippen LogP contribution in [-0.2, 0) is 11.3 Å². The largest absolute Gasteiger partial charge is 0.490 e. The molecule has 0 aromatic heterocycles. The standard InChI is InChI=1S/C14H21NO3/c1-2-17-14-9-11(10-15)3-4-13(14)18-12-5-7-16-8-6-12/h3-4,9,12H,2,5-8,10,15H2,1H3.